The predicted octanol–water partition coefficient (Wildman–Crippen LogP) is 3.47. The smallest absolute Gasteiger partial charge is 0.328 e. The highest BCUT2D eigenvalue weighted by Gasteiger charge is 2.41. The Morgan fingerprint density at radius 2 is 2.05 bits per heavy atom. The number of hydrogen-bond donors (Lipinski definition) is 0. The van der Waals surface area contributed by atoms with Crippen LogP contribution in [0.3, 0.4) is 0 Å². The zero-order valence-corrected chi connectivity index (χ0v) is 13.5. The molecule has 120 valence electrons. The highest BCUT2D eigenvalue weighted by atomic mass is 16.5. The van der Waals surface area contributed by atoms with Crippen molar-refractivity contribution in [2.45, 2.75) is 57.5 Å². The normalized spacial score (nSPS) is 19.3. The number of amides is 1. The average Bonchev–Trinajstić information content (AvgIpc) is 2.93. The lowest BCUT2D eigenvalue weighted by molar-refractivity contribution is -0.151. The first-order valence-electron chi connectivity index (χ1n) is 8.13. The Balaban J connectivity index is 2.25. The quantitative estimate of drug-likeness (QED) is 0.572. The van der Waals surface area contributed by atoms with E-state index in [1.54, 1.807) is 4.90 Å². The summed E-state index contributed by atoms with van der Waals surface area (Å²) < 4.78 is 4.89. The van der Waals surface area contributed by atoms with Gasteiger partial charge in [-0.15, -0.1) is 0 Å². The fourth-order valence-corrected chi connectivity index (χ4v) is 3.19. The van der Waals surface area contributed by atoms with Crippen molar-refractivity contribution < 1.29 is 14.3 Å². The van der Waals surface area contributed by atoms with Crippen LogP contribution < -0.4 is 0 Å². The van der Waals surface area contributed by atoms with Gasteiger partial charge in [0.05, 0.1) is 13.2 Å². The summed E-state index contributed by atoms with van der Waals surface area (Å²) in [6, 6.07) is 9.53. The summed E-state index contributed by atoms with van der Waals surface area (Å²) in [6.07, 6.45) is 5.19. The molecule has 0 bridgehead atoms. The van der Waals surface area contributed by atoms with E-state index >= 15 is 0 Å². The second-order valence-electron chi connectivity index (χ2n) is 5.80. The lowest BCUT2D eigenvalue weighted by Crippen LogP contribution is -2.41. The highest BCUT2D eigenvalue weighted by molar-refractivity contribution is 5.88. The molecule has 1 fully saturated rings. The number of benzene rings is 1. The minimum absolute atomic E-state index is 0.0353. The van der Waals surface area contributed by atoms with Crippen LogP contribution in [0.2, 0.25) is 0 Å². The Morgan fingerprint density at radius 1 is 1.32 bits per heavy atom. The molecule has 4 nitrogen and oxygen atoms in total. The van der Waals surface area contributed by atoms with Crippen LogP contribution in [-0.4, -0.2) is 29.9 Å². The summed E-state index contributed by atoms with van der Waals surface area (Å²) in [5.41, 5.74) is 1.10. The van der Waals surface area contributed by atoms with Gasteiger partial charge in [0.15, 0.2) is 0 Å². The summed E-state index contributed by atoms with van der Waals surface area (Å²) >= 11 is 0. The lowest BCUT2D eigenvalue weighted by atomic mass is 9.98. The molecule has 1 aliphatic rings. The van der Waals surface area contributed by atoms with Crippen LogP contribution in [0, 0.1) is 0 Å². The number of carbonyl (C=O) groups excluding carboxylic acids is 2. The fourth-order valence-electron chi connectivity index (χ4n) is 3.19. The molecule has 1 aromatic rings. The molecule has 2 rings (SSSR count). The number of nitrogens with zero attached hydrogens (tertiary/aromatic N) is 1. The minimum atomic E-state index is -0.440. The molecule has 4 heteroatoms. The van der Waals surface area contributed by atoms with Crippen molar-refractivity contribution >= 4 is 11.9 Å². The van der Waals surface area contributed by atoms with Gasteiger partial charge < -0.3 is 9.64 Å². The standard InChI is InChI=1S/C18H25NO3/c1-3-4-6-11-15(14-9-7-5-8-10-14)19-16(18(21)22-2)12-13-17(19)20/h5,7-10,15-16H,3-4,6,11-13H2,1-2H3. The molecule has 0 spiro atoms. The number of methoxy groups -OCH3 is 1. The van der Waals surface area contributed by atoms with Crippen molar-refractivity contribution in [3.63, 3.8) is 0 Å². The number of esters is 1. The van der Waals surface area contributed by atoms with Crippen LogP contribution >= 0.6 is 0 Å². The summed E-state index contributed by atoms with van der Waals surface area (Å²) in [6.45, 7) is 2.16. The van der Waals surface area contributed by atoms with Gasteiger partial charge in [0.1, 0.15) is 6.04 Å². The van der Waals surface area contributed by atoms with Gasteiger partial charge in [-0.2, -0.15) is 0 Å². The second kappa shape index (κ2) is 7.97. The van der Waals surface area contributed by atoms with Crippen LogP contribution in [0.1, 0.15) is 57.1 Å². The Bertz CT molecular complexity index is 500. The molecular weight excluding hydrogens is 278 g/mol. The van der Waals surface area contributed by atoms with Crippen molar-refractivity contribution in [3.05, 3.63) is 35.9 Å². The van der Waals surface area contributed by atoms with Crippen LogP contribution in [-0.2, 0) is 14.3 Å². The van der Waals surface area contributed by atoms with Crippen molar-refractivity contribution in [2.75, 3.05) is 7.11 Å². The van der Waals surface area contributed by atoms with Crippen molar-refractivity contribution in [1.82, 2.24) is 4.90 Å². The van der Waals surface area contributed by atoms with Crippen molar-refractivity contribution in [2.24, 2.45) is 0 Å². The fraction of sp³-hybridized carbons (Fsp3) is 0.556. The van der Waals surface area contributed by atoms with E-state index in [2.05, 4.69) is 6.92 Å². The molecule has 1 heterocycles. The van der Waals surface area contributed by atoms with E-state index in [0.717, 1.165) is 31.2 Å². The van der Waals surface area contributed by atoms with Crippen LogP contribution in [0.25, 0.3) is 0 Å². The highest BCUT2D eigenvalue weighted by Crippen LogP contribution is 2.34. The summed E-state index contributed by atoms with van der Waals surface area (Å²) in [7, 11) is 1.39. The molecule has 1 saturated heterocycles. The maximum atomic E-state index is 12.4. The van der Waals surface area contributed by atoms with E-state index in [9.17, 15) is 9.59 Å². The molecule has 0 aliphatic carbocycles. The zero-order chi connectivity index (χ0) is 15.9. The third-order valence-corrected chi connectivity index (χ3v) is 4.33. The van der Waals surface area contributed by atoms with Gasteiger partial charge in [0.2, 0.25) is 5.91 Å². The molecule has 0 aromatic heterocycles. The van der Waals surface area contributed by atoms with E-state index in [4.69, 9.17) is 4.74 Å². The molecule has 22 heavy (non-hydrogen) atoms. The minimum Gasteiger partial charge on any atom is -0.467 e. The molecule has 1 aliphatic heterocycles. The summed E-state index contributed by atoms with van der Waals surface area (Å²) in [4.78, 5) is 26.2. The Morgan fingerprint density at radius 3 is 2.68 bits per heavy atom. The number of unbranched alkanes of at least 4 members (excludes halogenated alkanes) is 2. The molecular formula is C18H25NO3. The van der Waals surface area contributed by atoms with E-state index in [0.29, 0.717) is 12.8 Å². The maximum absolute atomic E-state index is 12.4. The second-order valence-corrected chi connectivity index (χ2v) is 5.80. The lowest BCUT2D eigenvalue weighted by Gasteiger charge is -2.32. The van der Waals surface area contributed by atoms with E-state index < -0.39 is 6.04 Å². The van der Waals surface area contributed by atoms with Crippen LogP contribution in [0.15, 0.2) is 30.3 Å². The topological polar surface area (TPSA) is 46.6 Å². The van der Waals surface area contributed by atoms with E-state index in [1.807, 2.05) is 30.3 Å². The Kier molecular flexibility index (Phi) is 5.99. The van der Waals surface area contributed by atoms with Gasteiger partial charge in [0.25, 0.3) is 0 Å². The van der Waals surface area contributed by atoms with Crippen molar-refractivity contribution in [3.8, 4) is 0 Å². The third kappa shape index (κ3) is 3.67. The number of rotatable bonds is 7. The Hall–Kier alpha value is -1.84. The molecule has 1 amide bonds. The number of likely N-dealkylation sites (tertiary alicyclic amines) is 1. The molecule has 0 saturated carbocycles. The molecule has 2 atom stereocenters. The first-order chi connectivity index (χ1) is 10.7. The van der Waals surface area contributed by atoms with E-state index in [1.165, 1.54) is 7.11 Å². The monoisotopic (exact) mass is 303 g/mol. The third-order valence-electron chi connectivity index (χ3n) is 4.33. The first-order valence-corrected chi connectivity index (χ1v) is 8.13. The van der Waals surface area contributed by atoms with Gasteiger partial charge in [-0.3, -0.25) is 4.79 Å². The van der Waals surface area contributed by atoms with Crippen LogP contribution in [0.4, 0.5) is 0 Å². The zero-order valence-electron chi connectivity index (χ0n) is 13.5. The van der Waals surface area contributed by atoms with Crippen LogP contribution in [0.5, 0.6) is 0 Å². The number of hydrogen-bond acceptors (Lipinski definition) is 3. The van der Waals surface area contributed by atoms with Gasteiger partial charge in [-0.25, -0.2) is 4.79 Å². The van der Waals surface area contributed by atoms with Gasteiger partial charge >= 0.3 is 5.97 Å². The number of ether oxygens (including phenoxy) is 1. The average molecular weight is 303 g/mol. The van der Waals surface area contributed by atoms with Gasteiger partial charge in [-0.1, -0.05) is 56.5 Å². The van der Waals surface area contributed by atoms with Crippen molar-refractivity contribution in [1.29, 1.82) is 0 Å². The summed E-state index contributed by atoms with van der Waals surface area (Å²) in [5.74, 6) is -0.247. The Labute approximate surface area is 132 Å². The van der Waals surface area contributed by atoms with E-state index in [-0.39, 0.29) is 17.9 Å². The molecule has 2 unspecified atom stereocenters. The van der Waals surface area contributed by atoms with Gasteiger partial charge in [-0.05, 0) is 18.4 Å². The molecule has 0 radical (unpaired) electrons. The number of carbonyl (C=O) groups is 2. The first kappa shape index (κ1) is 16.5. The largest absolute Gasteiger partial charge is 0.467 e. The van der Waals surface area contributed by atoms with Gasteiger partial charge in [0, 0.05) is 6.42 Å². The summed E-state index contributed by atoms with van der Waals surface area (Å²) in [5, 5.41) is 0. The molecule has 0 N–H and O–H groups in total. The molecule has 1 aromatic carbocycles. The maximum Gasteiger partial charge on any atom is 0.328 e. The SMILES string of the molecule is CCCCCC(c1ccccc1)N1C(=O)CCC1C(=O)OC. The predicted molar refractivity (Wildman–Crippen MR) is 85.2 cm³/mol.